The van der Waals surface area contributed by atoms with Gasteiger partial charge in [0.1, 0.15) is 0 Å². The highest BCUT2D eigenvalue weighted by molar-refractivity contribution is 5.76. The Labute approximate surface area is 70.0 Å². The van der Waals surface area contributed by atoms with Gasteiger partial charge in [-0.05, 0) is 18.3 Å². The summed E-state index contributed by atoms with van der Waals surface area (Å²) in [5.41, 5.74) is 0. The van der Waals surface area contributed by atoms with Gasteiger partial charge < -0.3 is 9.84 Å². The van der Waals surface area contributed by atoms with Crippen LogP contribution in [0.3, 0.4) is 0 Å². The van der Waals surface area contributed by atoms with Crippen molar-refractivity contribution in [2.45, 2.75) is 12.7 Å². The fourth-order valence-electron chi connectivity index (χ4n) is 2.86. The minimum atomic E-state index is -0.845. The van der Waals surface area contributed by atoms with Gasteiger partial charge in [0, 0.05) is 5.92 Å². The van der Waals surface area contributed by atoms with Gasteiger partial charge in [0.2, 0.25) is 6.29 Å². The van der Waals surface area contributed by atoms with Crippen molar-refractivity contribution in [2.24, 2.45) is 23.7 Å². The number of hydrogen-bond donors (Lipinski definition) is 1. The molecule has 2 bridgehead atoms. The number of aliphatic hydroxyl groups excluding tert-OH is 1. The van der Waals surface area contributed by atoms with Crippen LogP contribution in [0.4, 0.5) is 0 Å². The quantitative estimate of drug-likeness (QED) is 0.416. The number of cyclic esters (lactones) is 1. The van der Waals surface area contributed by atoms with E-state index in [0.29, 0.717) is 11.8 Å². The van der Waals surface area contributed by atoms with Gasteiger partial charge in [0.15, 0.2) is 0 Å². The van der Waals surface area contributed by atoms with E-state index in [9.17, 15) is 9.90 Å². The molecule has 1 saturated carbocycles. The Bertz CT molecular complexity index is 271. The predicted molar refractivity (Wildman–Crippen MR) is 39.8 cm³/mol. The van der Waals surface area contributed by atoms with Crippen LogP contribution in [-0.4, -0.2) is 17.4 Å². The van der Waals surface area contributed by atoms with E-state index in [0.717, 1.165) is 6.42 Å². The molecule has 3 nitrogen and oxygen atoms in total. The van der Waals surface area contributed by atoms with Crippen LogP contribution in [0.1, 0.15) is 6.42 Å². The van der Waals surface area contributed by atoms with Crippen molar-refractivity contribution in [3.63, 3.8) is 0 Å². The van der Waals surface area contributed by atoms with Gasteiger partial charge in [-0.2, -0.15) is 0 Å². The van der Waals surface area contributed by atoms with Gasteiger partial charge in [-0.1, -0.05) is 12.2 Å². The van der Waals surface area contributed by atoms with Gasteiger partial charge in [0.05, 0.1) is 5.92 Å². The lowest BCUT2D eigenvalue weighted by Gasteiger charge is -2.17. The molecule has 3 heteroatoms. The third-order valence-electron chi connectivity index (χ3n) is 3.36. The molecule has 5 atom stereocenters. The molecule has 3 aliphatic rings. The molecule has 0 spiro atoms. The predicted octanol–water partition coefficient (Wildman–Crippen LogP) is 0.300. The second-order valence-electron chi connectivity index (χ2n) is 3.88. The summed E-state index contributed by atoms with van der Waals surface area (Å²) >= 11 is 0. The number of rotatable bonds is 0. The van der Waals surface area contributed by atoms with E-state index in [-0.39, 0.29) is 17.8 Å². The summed E-state index contributed by atoms with van der Waals surface area (Å²) in [5.74, 6) is 0.512. The molecular weight excluding hydrogens is 156 g/mol. The van der Waals surface area contributed by atoms with Crippen LogP contribution in [0.2, 0.25) is 0 Å². The first kappa shape index (κ1) is 6.66. The van der Waals surface area contributed by atoms with Crippen molar-refractivity contribution in [1.82, 2.24) is 0 Å². The average Bonchev–Trinajstić information content (AvgIpc) is 2.64. The van der Waals surface area contributed by atoms with Gasteiger partial charge >= 0.3 is 5.97 Å². The van der Waals surface area contributed by atoms with E-state index in [1.807, 2.05) is 0 Å². The van der Waals surface area contributed by atoms with Crippen LogP contribution in [0, 0.1) is 23.7 Å². The second-order valence-corrected chi connectivity index (χ2v) is 3.88. The van der Waals surface area contributed by atoms with Crippen molar-refractivity contribution in [1.29, 1.82) is 0 Å². The highest BCUT2D eigenvalue weighted by Crippen LogP contribution is 2.52. The summed E-state index contributed by atoms with van der Waals surface area (Å²) in [4.78, 5) is 11.2. The zero-order chi connectivity index (χ0) is 8.29. The molecule has 0 aromatic rings. The number of fused-ring (bicyclic) bond motifs is 5. The maximum atomic E-state index is 11.2. The Balaban J connectivity index is 2.03. The minimum Gasteiger partial charge on any atom is -0.435 e. The zero-order valence-electron chi connectivity index (χ0n) is 6.51. The standard InChI is InChI=1S/C9H10O3/c10-8-6-4-1-2-5(3-4)7(6)9(11)12-8/h1-2,4-8,10H,3H2/t4-,5+,6-,7+,8-/m1/s1. The van der Waals surface area contributed by atoms with Crippen LogP contribution in [0.15, 0.2) is 12.2 Å². The third kappa shape index (κ3) is 0.591. The number of ether oxygens (including phenoxy) is 1. The normalized spacial score (nSPS) is 54.4. The summed E-state index contributed by atoms with van der Waals surface area (Å²) in [6.07, 6.45) is 4.38. The second kappa shape index (κ2) is 1.91. The van der Waals surface area contributed by atoms with E-state index in [1.165, 1.54) is 0 Å². The van der Waals surface area contributed by atoms with Crippen molar-refractivity contribution in [3.8, 4) is 0 Å². The number of carbonyl (C=O) groups is 1. The van der Waals surface area contributed by atoms with Gasteiger partial charge in [-0.25, -0.2) is 0 Å². The largest absolute Gasteiger partial charge is 0.435 e. The maximum absolute atomic E-state index is 11.2. The number of aliphatic hydroxyl groups is 1. The maximum Gasteiger partial charge on any atom is 0.312 e. The molecule has 3 rings (SSSR count). The first-order valence-corrected chi connectivity index (χ1v) is 4.34. The molecule has 0 amide bonds. The van der Waals surface area contributed by atoms with Crippen LogP contribution in [0.5, 0.6) is 0 Å². The van der Waals surface area contributed by atoms with Crippen LogP contribution >= 0.6 is 0 Å². The Morgan fingerprint density at radius 1 is 1.42 bits per heavy atom. The van der Waals surface area contributed by atoms with Crippen LogP contribution in [0.25, 0.3) is 0 Å². The average molecular weight is 166 g/mol. The SMILES string of the molecule is O=C1O[C@@H](O)[C@H]2[C@@H]1[C@H]1C=C[C@@H]2C1. The molecular formula is C9H10O3. The lowest BCUT2D eigenvalue weighted by atomic mass is 9.85. The molecule has 1 saturated heterocycles. The molecule has 1 heterocycles. The number of hydrogen-bond acceptors (Lipinski definition) is 3. The Morgan fingerprint density at radius 2 is 2.17 bits per heavy atom. The molecule has 12 heavy (non-hydrogen) atoms. The Hall–Kier alpha value is -0.830. The molecule has 0 unspecified atom stereocenters. The highest BCUT2D eigenvalue weighted by atomic mass is 16.6. The molecule has 2 fully saturated rings. The van der Waals surface area contributed by atoms with Crippen molar-refractivity contribution < 1.29 is 14.6 Å². The molecule has 1 aliphatic heterocycles. The highest BCUT2D eigenvalue weighted by Gasteiger charge is 2.57. The van der Waals surface area contributed by atoms with Gasteiger partial charge in [-0.3, -0.25) is 4.79 Å². The van der Waals surface area contributed by atoms with Crippen molar-refractivity contribution >= 4 is 5.97 Å². The smallest absolute Gasteiger partial charge is 0.312 e. The Morgan fingerprint density at radius 3 is 2.92 bits per heavy atom. The lowest BCUT2D eigenvalue weighted by Crippen LogP contribution is -2.24. The van der Waals surface area contributed by atoms with Crippen LogP contribution < -0.4 is 0 Å². The molecule has 2 aliphatic carbocycles. The summed E-state index contributed by atoms with van der Waals surface area (Å²) in [6.45, 7) is 0. The number of allylic oxidation sites excluding steroid dienone is 2. The van der Waals surface area contributed by atoms with Crippen LogP contribution in [-0.2, 0) is 9.53 Å². The lowest BCUT2D eigenvalue weighted by molar-refractivity contribution is -0.158. The third-order valence-corrected chi connectivity index (χ3v) is 3.36. The van der Waals surface area contributed by atoms with E-state index >= 15 is 0 Å². The van der Waals surface area contributed by atoms with Gasteiger partial charge in [0.25, 0.3) is 0 Å². The Kier molecular flexibility index (Phi) is 1.06. The first-order chi connectivity index (χ1) is 5.77. The number of carbonyl (C=O) groups excluding carboxylic acids is 1. The summed E-state index contributed by atoms with van der Waals surface area (Å²) in [7, 11) is 0. The molecule has 0 aromatic carbocycles. The van der Waals surface area contributed by atoms with E-state index in [4.69, 9.17) is 4.74 Å². The van der Waals surface area contributed by atoms with Gasteiger partial charge in [-0.15, -0.1) is 0 Å². The monoisotopic (exact) mass is 166 g/mol. The summed E-state index contributed by atoms with van der Waals surface area (Å²) in [6, 6.07) is 0. The van der Waals surface area contributed by atoms with E-state index in [1.54, 1.807) is 0 Å². The molecule has 0 aromatic heterocycles. The summed E-state index contributed by atoms with van der Waals surface area (Å²) in [5, 5.41) is 9.41. The molecule has 1 N–H and O–H groups in total. The van der Waals surface area contributed by atoms with E-state index < -0.39 is 6.29 Å². The zero-order valence-corrected chi connectivity index (χ0v) is 6.51. The minimum absolute atomic E-state index is 0.0463. The number of esters is 1. The fraction of sp³-hybridized carbons (Fsp3) is 0.667. The molecule has 64 valence electrons. The van der Waals surface area contributed by atoms with E-state index in [2.05, 4.69) is 12.2 Å². The topological polar surface area (TPSA) is 46.5 Å². The summed E-state index contributed by atoms with van der Waals surface area (Å²) < 4.78 is 4.79. The fourth-order valence-corrected chi connectivity index (χ4v) is 2.86. The van der Waals surface area contributed by atoms with Crippen molar-refractivity contribution in [3.05, 3.63) is 12.2 Å². The molecule has 0 radical (unpaired) electrons. The van der Waals surface area contributed by atoms with Crippen molar-refractivity contribution in [2.75, 3.05) is 0 Å². The first-order valence-electron chi connectivity index (χ1n) is 4.34.